The minimum atomic E-state index is 0.321. The molecule has 0 bridgehead atoms. The second-order valence-corrected chi connectivity index (χ2v) is 3.99. The van der Waals surface area contributed by atoms with E-state index < -0.39 is 0 Å². The van der Waals surface area contributed by atoms with Crippen molar-refractivity contribution < 1.29 is 4.42 Å². The molecular weight excluding hydrogens is 240 g/mol. The molecule has 0 fully saturated rings. The van der Waals surface area contributed by atoms with Crippen molar-refractivity contribution in [2.45, 2.75) is 6.54 Å². The number of fused-ring (bicyclic) bond motifs is 1. The molecular formula is C14H10N4O. The van der Waals surface area contributed by atoms with Crippen molar-refractivity contribution in [3.63, 3.8) is 0 Å². The van der Waals surface area contributed by atoms with Gasteiger partial charge in [-0.15, -0.1) is 0 Å². The Hall–Kier alpha value is -2.87. The monoisotopic (exact) mass is 250 g/mol. The largest absolute Gasteiger partial charge is 0.449 e. The standard InChI is InChI=1S/C14H10N4O/c15-8-11-2-3-12(19-11)9-18-10-1-4-13-14(7-10)17-6-5-16-13/h1-7,18H,9H2. The van der Waals surface area contributed by atoms with Crippen molar-refractivity contribution in [2.75, 3.05) is 5.32 Å². The van der Waals surface area contributed by atoms with Crippen LogP contribution in [0.3, 0.4) is 0 Å². The molecule has 0 amide bonds. The van der Waals surface area contributed by atoms with Crippen LogP contribution in [-0.4, -0.2) is 9.97 Å². The Balaban J connectivity index is 1.76. The highest BCUT2D eigenvalue weighted by Crippen LogP contribution is 2.16. The lowest BCUT2D eigenvalue weighted by atomic mass is 10.2. The molecule has 92 valence electrons. The lowest BCUT2D eigenvalue weighted by Gasteiger charge is -2.05. The van der Waals surface area contributed by atoms with Gasteiger partial charge in [0.25, 0.3) is 0 Å². The molecule has 0 spiro atoms. The first-order chi connectivity index (χ1) is 9.35. The molecule has 0 unspecified atom stereocenters. The van der Waals surface area contributed by atoms with Gasteiger partial charge in [0.1, 0.15) is 11.8 Å². The first-order valence-corrected chi connectivity index (χ1v) is 5.78. The van der Waals surface area contributed by atoms with Crippen LogP contribution in [0.4, 0.5) is 5.69 Å². The van der Waals surface area contributed by atoms with Crippen LogP contribution in [0.2, 0.25) is 0 Å². The molecule has 0 saturated heterocycles. The van der Waals surface area contributed by atoms with Gasteiger partial charge in [0.2, 0.25) is 5.76 Å². The maximum Gasteiger partial charge on any atom is 0.203 e. The normalized spacial score (nSPS) is 10.3. The number of furan rings is 1. The minimum Gasteiger partial charge on any atom is -0.449 e. The quantitative estimate of drug-likeness (QED) is 0.773. The lowest BCUT2D eigenvalue weighted by molar-refractivity contribution is 0.506. The lowest BCUT2D eigenvalue weighted by Crippen LogP contribution is -1.98. The van der Waals surface area contributed by atoms with Crippen molar-refractivity contribution in [1.82, 2.24) is 9.97 Å². The van der Waals surface area contributed by atoms with E-state index in [9.17, 15) is 0 Å². The van der Waals surface area contributed by atoms with Crippen molar-refractivity contribution in [3.05, 3.63) is 54.2 Å². The van der Waals surface area contributed by atoms with Crippen LogP contribution in [0.5, 0.6) is 0 Å². The molecule has 2 aromatic heterocycles. The van der Waals surface area contributed by atoms with Gasteiger partial charge >= 0.3 is 0 Å². The number of nitriles is 1. The highest BCUT2D eigenvalue weighted by atomic mass is 16.3. The number of rotatable bonds is 3. The van der Waals surface area contributed by atoms with Crippen LogP contribution < -0.4 is 5.32 Å². The number of benzene rings is 1. The van der Waals surface area contributed by atoms with Gasteiger partial charge in [-0.3, -0.25) is 9.97 Å². The summed E-state index contributed by atoms with van der Waals surface area (Å²) in [6.45, 7) is 0.521. The van der Waals surface area contributed by atoms with E-state index in [1.807, 2.05) is 24.3 Å². The fourth-order valence-corrected chi connectivity index (χ4v) is 1.80. The molecule has 0 saturated carbocycles. The Morgan fingerprint density at radius 1 is 1.11 bits per heavy atom. The summed E-state index contributed by atoms with van der Waals surface area (Å²) < 4.78 is 5.29. The maximum atomic E-state index is 8.68. The molecule has 3 rings (SSSR count). The van der Waals surface area contributed by atoms with Gasteiger partial charge in [0.15, 0.2) is 0 Å². The molecule has 0 aliphatic rings. The van der Waals surface area contributed by atoms with Crippen LogP contribution in [0, 0.1) is 11.3 Å². The van der Waals surface area contributed by atoms with E-state index in [-0.39, 0.29) is 0 Å². The Bertz CT molecular complexity index is 757. The molecule has 0 atom stereocenters. The SMILES string of the molecule is N#Cc1ccc(CNc2ccc3nccnc3c2)o1. The molecule has 3 aromatic rings. The van der Waals surface area contributed by atoms with E-state index in [0.717, 1.165) is 22.5 Å². The molecule has 2 heterocycles. The summed E-state index contributed by atoms with van der Waals surface area (Å²) in [4.78, 5) is 8.46. The van der Waals surface area contributed by atoms with E-state index in [0.29, 0.717) is 12.3 Å². The van der Waals surface area contributed by atoms with Gasteiger partial charge in [-0.1, -0.05) is 0 Å². The third kappa shape index (κ3) is 2.38. The number of aromatic nitrogens is 2. The molecule has 1 N–H and O–H groups in total. The highest BCUT2D eigenvalue weighted by molar-refractivity contribution is 5.78. The van der Waals surface area contributed by atoms with Crippen molar-refractivity contribution in [3.8, 4) is 6.07 Å². The maximum absolute atomic E-state index is 8.68. The summed E-state index contributed by atoms with van der Waals surface area (Å²) in [5, 5.41) is 11.9. The molecule has 5 heteroatoms. The van der Waals surface area contributed by atoms with Gasteiger partial charge in [-0.05, 0) is 30.3 Å². The summed E-state index contributed by atoms with van der Waals surface area (Å²) in [5.74, 6) is 1.04. The Morgan fingerprint density at radius 2 is 1.95 bits per heavy atom. The molecule has 0 aliphatic heterocycles. The van der Waals surface area contributed by atoms with Gasteiger partial charge in [0.05, 0.1) is 17.6 Å². The molecule has 0 aliphatic carbocycles. The summed E-state index contributed by atoms with van der Waals surface area (Å²) in [6, 6.07) is 11.2. The summed E-state index contributed by atoms with van der Waals surface area (Å²) >= 11 is 0. The summed E-state index contributed by atoms with van der Waals surface area (Å²) in [6.07, 6.45) is 3.33. The first-order valence-electron chi connectivity index (χ1n) is 5.78. The van der Waals surface area contributed by atoms with Crippen LogP contribution in [0.25, 0.3) is 11.0 Å². The predicted octanol–water partition coefficient (Wildman–Crippen LogP) is 2.71. The molecule has 1 aromatic carbocycles. The molecule has 0 radical (unpaired) electrons. The Morgan fingerprint density at radius 3 is 2.74 bits per heavy atom. The zero-order valence-electron chi connectivity index (χ0n) is 10.00. The average molecular weight is 250 g/mol. The number of anilines is 1. The van der Waals surface area contributed by atoms with E-state index in [4.69, 9.17) is 9.68 Å². The van der Waals surface area contributed by atoms with Crippen molar-refractivity contribution in [1.29, 1.82) is 5.26 Å². The first kappa shape index (κ1) is 11.2. The topological polar surface area (TPSA) is 74.7 Å². The smallest absolute Gasteiger partial charge is 0.203 e. The Labute approximate surface area is 109 Å². The van der Waals surface area contributed by atoms with Gasteiger partial charge in [0, 0.05) is 18.1 Å². The highest BCUT2D eigenvalue weighted by Gasteiger charge is 2.02. The average Bonchev–Trinajstić information content (AvgIpc) is 2.93. The number of hydrogen-bond donors (Lipinski definition) is 1. The molecule has 19 heavy (non-hydrogen) atoms. The fraction of sp³-hybridized carbons (Fsp3) is 0.0714. The number of nitrogens with one attached hydrogen (secondary N) is 1. The van der Waals surface area contributed by atoms with Crippen molar-refractivity contribution in [2.24, 2.45) is 0 Å². The van der Waals surface area contributed by atoms with Crippen LogP contribution in [-0.2, 0) is 6.54 Å². The molecule has 5 nitrogen and oxygen atoms in total. The van der Waals surface area contributed by atoms with Gasteiger partial charge in [-0.2, -0.15) is 5.26 Å². The second-order valence-electron chi connectivity index (χ2n) is 3.99. The second kappa shape index (κ2) is 4.78. The van der Waals surface area contributed by atoms with E-state index in [1.54, 1.807) is 24.5 Å². The fourth-order valence-electron chi connectivity index (χ4n) is 1.80. The van der Waals surface area contributed by atoms with E-state index in [2.05, 4.69) is 15.3 Å². The summed E-state index contributed by atoms with van der Waals surface area (Å²) in [7, 11) is 0. The zero-order valence-corrected chi connectivity index (χ0v) is 10.00. The van der Waals surface area contributed by atoms with Crippen LogP contribution in [0.1, 0.15) is 11.5 Å². The Kier molecular flexibility index (Phi) is 2.83. The van der Waals surface area contributed by atoms with Gasteiger partial charge < -0.3 is 9.73 Å². The number of nitrogens with zero attached hydrogens (tertiary/aromatic N) is 3. The predicted molar refractivity (Wildman–Crippen MR) is 70.3 cm³/mol. The third-order valence-electron chi connectivity index (χ3n) is 2.71. The van der Waals surface area contributed by atoms with Crippen molar-refractivity contribution >= 4 is 16.7 Å². The van der Waals surface area contributed by atoms with Crippen LogP contribution >= 0.6 is 0 Å². The van der Waals surface area contributed by atoms with Gasteiger partial charge in [-0.25, -0.2) is 0 Å². The number of hydrogen-bond acceptors (Lipinski definition) is 5. The third-order valence-corrected chi connectivity index (χ3v) is 2.71. The van der Waals surface area contributed by atoms with E-state index >= 15 is 0 Å². The van der Waals surface area contributed by atoms with Crippen LogP contribution in [0.15, 0.2) is 47.1 Å². The van der Waals surface area contributed by atoms with E-state index in [1.165, 1.54) is 0 Å². The minimum absolute atomic E-state index is 0.321. The summed E-state index contributed by atoms with van der Waals surface area (Å²) in [5.41, 5.74) is 2.63. The zero-order chi connectivity index (χ0) is 13.1.